The first kappa shape index (κ1) is 11.1. The largest absolute Gasteiger partial charge is 0.490 e. The third-order valence-corrected chi connectivity index (χ3v) is 1.94. The number of carbonyl (C=O) groups is 1. The quantitative estimate of drug-likeness (QED) is 0.767. The summed E-state index contributed by atoms with van der Waals surface area (Å²) in [5, 5.41) is 0.637. The summed E-state index contributed by atoms with van der Waals surface area (Å²) in [6, 6.07) is 7.16. The van der Waals surface area contributed by atoms with Gasteiger partial charge in [0.15, 0.2) is 0 Å². The van der Waals surface area contributed by atoms with Crippen molar-refractivity contribution in [3.63, 3.8) is 0 Å². The summed E-state index contributed by atoms with van der Waals surface area (Å²) in [6.45, 7) is 3.42. The Labute approximate surface area is 88.8 Å². The first-order valence-electron chi connectivity index (χ1n) is 4.49. The van der Waals surface area contributed by atoms with E-state index in [4.69, 9.17) is 16.3 Å². The molecule has 1 unspecified atom stereocenters. The second kappa shape index (κ2) is 5.01. The molecule has 0 saturated carbocycles. The average Bonchev–Trinajstić information content (AvgIpc) is 2.01. The van der Waals surface area contributed by atoms with Crippen molar-refractivity contribution in [2.45, 2.75) is 26.4 Å². The van der Waals surface area contributed by atoms with Gasteiger partial charge in [-0.05, 0) is 32.0 Å². The van der Waals surface area contributed by atoms with Crippen molar-refractivity contribution >= 4 is 17.4 Å². The highest BCUT2D eigenvalue weighted by Crippen LogP contribution is 2.18. The molecule has 0 aromatic heterocycles. The first-order valence-corrected chi connectivity index (χ1v) is 4.87. The van der Waals surface area contributed by atoms with E-state index >= 15 is 0 Å². The molecule has 0 aliphatic heterocycles. The Morgan fingerprint density at radius 1 is 1.57 bits per heavy atom. The monoisotopic (exact) mass is 212 g/mol. The Hall–Kier alpha value is -1.02. The SMILES string of the molecule is CC(=O)CC(C)Oc1cccc(Cl)c1. The van der Waals surface area contributed by atoms with Gasteiger partial charge in [-0.3, -0.25) is 4.79 Å². The summed E-state index contributed by atoms with van der Waals surface area (Å²) in [7, 11) is 0. The molecule has 0 N–H and O–H groups in total. The van der Waals surface area contributed by atoms with Gasteiger partial charge < -0.3 is 4.74 Å². The lowest BCUT2D eigenvalue weighted by Crippen LogP contribution is -2.15. The number of carbonyl (C=O) groups excluding carboxylic acids is 1. The predicted octanol–water partition coefficient (Wildman–Crippen LogP) is 3.09. The van der Waals surface area contributed by atoms with Crippen LogP contribution in [0.5, 0.6) is 5.75 Å². The number of hydrogen-bond acceptors (Lipinski definition) is 2. The molecule has 0 radical (unpaired) electrons. The molecule has 1 rings (SSSR count). The third-order valence-electron chi connectivity index (χ3n) is 1.71. The van der Waals surface area contributed by atoms with E-state index in [1.165, 1.54) is 0 Å². The van der Waals surface area contributed by atoms with E-state index in [2.05, 4.69) is 0 Å². The van der Waals surface area contributed by atoms with Crippen molar-refractivity contribution in [2.75, 3.05) is 0 Å². The maximum atomic E-state index is 10.8. The van der Waals surface area contributed by atoms with Gasteiger partial charge in [0, 0.05) is 11.4 Å². The molecular formula is C11H13ClO2. The maximum Gasteiger partial charge on any atom is 0.133 e. The Balaban J connectivity index is 2.55. The molecule has 1 atom stereocenters. The van der Waals surface area contributed by atoms with Crippen LogP contribution in [0.1, 0.15) is 20.3 Å². The zero-order valence-corrected chi connectivity index (χ0v) is 9.04. The second-order valence-electron chi connectivity index (χ2n) is 3.29. The molecule has 0 fully saturated rings. The van der Waals surface area contributed by atoms with Crippen LogP contribution in [0.3, 0.4) is 0 Å². The van der Waals surface area contributed by atoms with Crippen molar-refractivity contribution in [2.24, 2.45) is 0 Å². The highest BCUT2D eigenvalue weighted by Gasteiger charge is 2.06. The van der Waals surface area contributed by atoms with Crippen LogP contribution in [0.4, 0.5) is 0 Å². The van der Waals surface area contributed by atoms with Crippen LogP contribution in [-0.4, -0.2) is 11.9 Å². The van der Waals surface area contributed by atoms with Crippen molar-refractivity contribution in [1.82, 2.24) is 0 Å². The molecule has 2 nitrogen and oxygen atoms in total. The Bertz CT molecular complexity index is 323. The molecule has 1 aromatic carbocycles. The van der Waals surface area contributed by atoms with Gasteiger partial charge in [-0.25, -0.2) is 0 Å². The van der Waals surface area contributed by atoms with Crippen molar-refractivity contribution in [3.05, 3.63) is 29.3 Å². The molecule has 0 amide bonds. The number of ketones is 1. The van der Waals surface area contributed by atoms with E-state index in [1.807, 2.05) is 19.1 Å². The Morgan fingerprint density at radius 3 is 2.86 bits per heavy atom. The van der Waals surface area contributed by atoms with E-state index < -0.39 is 0 Å². The van der Waals surface area contributed by atoms with Gasteiger partial charge in [0.1, 0.15) is 17.6 Å². The zero-order valence-electron chi connectivity index (χ0n) is 8.29. The number of Topliss-reactive ketones (excluding diaryl/α,β-unsaturated/α-hetero) is 1. The fraction of sp³-hybridized carbons (Fsp3) is 0.364. The molecule has 3 heteroatoms. The van der Waals surface area contributed by atoms with Crippen LogP contribution in [0.25, 0.3) is 0 Å². The van der Waals surface area contributed by atoms with Crippen LogP contribution in [0, 0.1) is 0 Å². The number of benzene rings is 1. The molecule has 1 aromatic rings. The van der Waals surface area contributed by atoms with Crippen LogP contribution >= 0.6 is 11.6 Å². The van der Waals surface area contributed by atoms with Gasteiger partial charge in [-0.15, -0.1) is 0 Å². The lowest BCUT2D eigenvalue weighted by molar-refractivity contribution is -0.118. The van der Waals surface area contributed by atoms with E-state index in [-0.39, 0.29) is 11.9 Å². The summed E-state index contributed by atoms with van der Waals surface area (Å²) in [5.74, 6) is 0.825. The minimum Gasteiger partial charge on any atom is -0.490 e. The fourth-order valence-electron chi connectivity index (χ4n) is 1.22. The van der Waals surface area contributed by atoms with Crippen molar-refractivity contribution < 1.29 is 9.53 Å². The Kier molecular flexibility index (Phi) is 3.96. The van der Waals surface area contributed by atoms with E-state index in [0.717, 1.165) is 0 Å². The molecule has 14 heavy (non-hydrogen) atoms. The van der Waals surface area contributed by atoms with Gasteiger partial charge in [0.2, 0.25) is 0 Å². The third kappa shape index (κ3) is 3.79. The summed E-state index contributed by atoms with van der Waals surface area (Å²) < 4.78 is 5.50. The maximum absolute atomic E-state index is 10.8. The molecule has 0 aliphatic carbocycles. The van der Waals surface area contributed by atoms with Crippen LogP contribution in [0.2, 0.25) is 5.02 Å². The van der Waals surface area contributed by atoms with Gasteiger partial charge in [-0.1, -0.05) is 17.7 Å². The number of ether oxygens (including phenoxy) is 1. The predicted molar refractivity (Wildman–Crippen MR) is 56.8 cm³/mol. The lowest BCUT2D eigenvalue weighted by atomic mass is 10.2. The smallest absolute Gasteiger partial charge is 0.133 e. The van der Waals surface area contributed by atoms with Crippen LogP contribution < -0.4 is 4.74 Å². The summed E-state index contributed by atoms with van der Waals surface area (Å²) >= 11 is 5.79. The van der Waals surface area contributed by atoms with E-state index in [0.29, 0.717) is 17.2 Å². The van der Waals surface area contributed by atoms with Crippen LogP contribution in [-0.2, 0) is 4.79 Å². The normalized spacial score (nSPS) is 12.2. The minimum atomic E-state index is -0.106. The standard InChI is InChI=1S/C11H13ClO2/c1-8(13)6-9(2)14-11-5-3-4-10(12)7-11/h3-5,7,9H,6H2,1-2H3. The van der Waals surface area contributed by atoms with Gasteiger partial charge in [0.25, 0.3) is 0 Å². The zero-order chi connectivity index (χ0) is 10.6. The molecule has 76 valence electrons. The molecular weight excluding hydrogens is 200 g/mol. The van der Waals surface area contributed by atoms with Gasteiger partial charge in [0.05, 0.1) is 0 Å². The van der Waals surface area contributed by atoms with Gasteiger partial charge >= 0.3 is 0 Å². The van der Waals surface area contributed by atoms with Gasteiger partial charge in [-0.2, -0.15) is 0 Å². The summed E-state index contributed by atoms with van der Waals surface area (Å²) in [6.07, 6.45) is 0.318. The highest BCUT2D eigenvalue weighted by molar-refractivity contribution is 6.30. The van der Waals surface area contributed by atoms with Crippen molar-refractivity contribution in [1.29, 1.82) is 0 Å². The summed E-state index contributed by atoms with van der Waals surface area (Å²) in [4.78, 5) is 10.8. The fourth-order valence-corrected chi connectivity index (χ4v) is 1.40. The highest BCUT2D eigenvalue weighted by atomic mass is 35.5. The molecule has 0 saturated heterocycles. The lowest BCUT2D eigenvalue weighted by Gasteiger charge is -2.12. The number of halogens is 1. The number of hydrogen-bond donors (Lipinski definition) is 0. The number of rotatable bonds is 4. The van der Waals surface area contributed by atoms with Crippen molar-refractivity contribution in [3.8, 4) is 5.75 Å². The van der Waals surface area contributed by atoms with E-state index in [9.17, 15) is 4.79 Å². The first-order chi connectivity index (χ1) is 6.58. The molecule has 0 aliphatic rings. The minimum absolute atomic E-state index is 0.106. The second-order valence-corrected chi connectivity index (χ2v) is 3.73. The molecule has 0 bridgehead atoms. The molecule has 0 heterocycles. The summed E-state index contributed by atoms with van der Waals surface area (Å²) in [5.41, 5.74) is 0. The van der Waals surface area contributed by atoms with E-state index in [1.54, 1.807) is 19.1 Å². The van der Waals surface area contributed by atoms with Crippen LogP contribution in [0.15, 0.2) is 24.3 Å². The topological polar surface area (TPSA) is 26.3 Å². The molecule has 0 spiro atoms. The average molecular weight is 213 g/mol. The Morgan fingerprint density at radius 2 is 2.29 bits per heavy atom.